The first kappa shape index (κ1) is 11.7. The van der Waals surface area contributed by atoms with Gasteiger partial charge in [0.25, 0.3) is 0 Å². The summed E-state index contributed by atoms with van der Waals surface area (Å²) >= 11 is 0. The Morgan fingerprint density at radius 3 is 2.86 bits per heavy atom. The van der Waals surface area contributed by atoms with Crippen molar-refractivity contribution in [1.29, 1.82) is 0 Å². The highest BCUT2D eigenvalue weighted by Crippen LogP contribution is 2.12. The molecule has 0 bridgehead atoms. The Labute approximate surface area is 87.6 Å². The highest BCUT2D eigenvalue weighted by atomic mass is 15.2. The lowest BCUT2D eigenvalue weighted by atomic mass is 10.2. The van der Waals surface area contributed by atoms with Gasteiger partial charge >= 0.3 is 0 Å². The molecule has 2 unspecified atom stereocenters. The van der Waals surface area contributed by atoms with Crippen LogP contribution >= 0.6 is 0 Å². The van der Waals surface area contributed by atoms with E-state index in [2.05, 4.69) is 30.4 Å². The molecule has 1 aliphatic heterocycles. The smallest absolute Gasteiger partial charge is 0.0348 e. The molecular weight excluding hydrogens is 174 g/mol. The number of rotatable bonds is 3. The zero-order valence-corrected chi connectivity index (χ0v) is 9.45. The number of nitrogens with zero attached hydrogens (tertiary/aromatic N) is 2. The molecular formula is C11H23N3. The molecule has 0 aliphatic carbocycles. The Kier molecular flexibility index (Phi) is 4.58. The lowest BCUT2D eigenvalue weighted by molar-refractivity contribution is 0.201. The van der Waals surface area contributed by atoms with Gasteiger partial charge in [-0.25, -0.2) is 0 Å². The van der Waals surface area contributed by atoms with Gasteiger partial charge in [-0.1, -0.05) is 6.08 Å². The van der Waals surface area contributed by atoms with Crippen LogP contribution in [0.4, 0.5) is 0 Å². The fourth-order valence-electron chi connectivity index (χ4n) is 2.01. The maximum absolute atomic E-state index is 5.80. The lowest BCUT2D eigenvalue weighted by Gasteiger charge is -2.29. The Balaban J connectivity index is 2.61. The van der Waals surface area contributed by atoms with E-state index in [1.807, 2.05) is 6.08 Å². The summed E-state index contributed by atoms with van der Waals surface area (Å²) in [5.41, 5.74) is 5.80. The molecule has 3 heteroatoms. The summed E-state index contributed by atoms with van der Waals surface area (Å²) in [5, 5.41) is 0. The van der Waals surface area contributed by atoms with Crippen LogP contribution in [0.2, 0.25) is 0 Å². The first-order valence-electron chi connectivity index (χ1n) is 5.44. The van der Waals surface area contributed by atoms with Gasteiger partial charge in [0.05, 0.1) is 0 Å². The third-order valence-corrected chi connectivity index (χ3v) is 3.24. The van der Waals surface area contributed by atoms with Gasteiger partial charge < -0.3 is 10.6 Å². The molecule has 0 aromatic carbocycles. The van der Waals surface area contributed by atoms with Gasteiger partial charge in [0.15, 0.2) is 0 Å². The summed E-state index contributed by atoms with van der Waals surface area (Å²) in [5.74, 6) is 0. The first-order chi connectivity index (χ1) is 6.69. The van der Waals surface area contributed by atoms with Crippen LogP contribution in [0, 0.1) is 0 Å². The van der Waals surface area contributed by atoms with E-state index in [0.717, 1.165) is 26.2 Å². The summed E-state index contributed by atoms with van der Waals surface area (Å²) in [4.78, 5) is 4.84. The zero-order chi connectivity index (χ0) is 10.6. The summed E-state index contributed by atoms with van der Waals surface area (Å²) in [6, 6.07) is 1.15. The zero-order valence-electron chi connectivity index (χ0n) is 9.45. The van der Waals surface area contributed by atoms with Crippen molar-refractivity contribution in [2.45, 2.75) is 25.4 Å². The van der Waals surface area contributed by atoms with Crippen molar-refractivity contribution in [2.75, 3.05) is 33.2 Å². The van der Waals surface area contributed by atoms with E-state index in [9.17, 15) is 0 Å². The van der Waals surface area contributed by atoms with Crippen LogP contribution in [0.3, 0.4) is 0 Å². The third-order valence-electron chi connectivity index (χ3n) is 3.24. The van der Waals surface area contributed by atoms with Crippen molar-refractivity contribution >= 4 is 0 Å². The van der Waals surface area contributed by atoms with Gasteiger partial charge in [-0.05, 0) is 20.4 Å². The molecule has 1 aliphatic rings. The molecule has 0 spiro atoms. The van der Waals surface area contributed by atoms with E-state index in [1.54, 1.807) is 0 Å². The predicted octanol–water partition coefficient (Wildman–Crippen LogP) is 0.526. The van der Waals surface area contributed by atoms with Crippen molar-refractivity contribution < 1.29 is 0 Å². The fourth-order valence-corrected chi connectivity index (χ4v) is 2.01. The van der Waals surface area contributed by atoms with E-state index < -0.39 is 0 Å². The SMILES string of the molecule is C=CCN1CCC(C)N(C)CC1CN. The maximum Gasteiger partial charge on any atom is 0.0348 e. The second-order valence-corrected chi connectivity index (χ2v) is 4.25. The van der Waals surface area contributed by atoms with Gasteiger partial charge in [-0.2, -0.15) is 0 Å². The minimum Gasteiger partial charge on any atom is -0.329 e. The Hall–Kier alpha value is -0.380. The van der Waals surface area contributed by atoms with Crippen LogP contribution in [0.15, 0.2) is 12.7 Å². The number of likely N-dealkylation sites (N-methyl/N-ethyl adjacent to an activating group) is 1. The van der Waals surface area contributed by atoms with Crippen LogP contribution in [0.25, 0.3) is 0 Å². The van der Waals surface area contributed by atoms with Crippen molar-refractivity contribution in [3.63, 3.8) is 0 Å². The molecule has 3 nitrogen and oxygen atoms in total. The normalized spacial score (nSPS) is 31.4. The summed E-state index contributed by atoms with van der Waals surface area (Å²) in [6.07, 6.45) is 3.19. The minimum absolute atomic E-state index is 0.489. The summed E-state index contributed by atoms with van der Waals surface area (Å²) in [7, 11) is 2.19. The molecule has 0 saturated carbocycles. The highest BCUT2D eigenvalue weighted by Gasteiger charge is 2.24. The summed E-state index contributed by atoms with van der Waals surface area (Å²) in [6.45, 7) is 9.99. The predicted molar refractivity (Wildman–Crippen MR) is 61.3 cm³/mol. The number of hydrogen-bond donors (Lipinski definition) is 1. The van der Waals surface area contributed by atoms with Crippen molar-refractivity contribution in [1.82, 2.24) is 9.80 Å². The monoisotopic (exact) mass is 197 g/mol. The van der Waals surface area contributed by atoms with Gasteiger partial charge in [0, 0.05) is 38.3 Å². The average Bonchev–Trinajstić information content (AvgIpc) is 2.31. The molecule has 1 heterocycles. The third kappa shape index (κ3) is 2.80. The second-order valence-electron chi connectivity index (χ2n) is 4.25. The molecule has 14 heavy (non-hydrogen) atoms. The fraction of sp³-hybridized carbons (Fsp3) is 0.818. The van der Waals surface area contributed by atoms with E-state index >= 15 is 0 Å². The molecule has 0 radical (unpaired) electrons. The standard InChI is InChI=1S/C11H23N3/c1-4-6-14-7-5-10(2)13(3)9-11(14)8-12/h4,10-11H,1,5-9,12H2,2-3H3. The van der Waals surface area contributed by atoms with Crippen LogP contribution in [-0.4, -0.2) is 55.1 Å². The Morgan fingerprint density at radius 1 is 1.57 bits per heavy atom. The first-order valence-corrected chi connectivity index (χ1v) is 5.44. The Morgan fingerprint density at radius 2 is 2.29 bits per heavy atom. The van der Waals surface area contributed by atoms with Gasteiger partial charge in [-0.3, -0.25) is 4.90 Å². The number of nitrogens with two attached hydrogens (primary N) is 1. The van der Waals surface area contributed by atoms with Crippen LogP contribution < -0.4 is 5.73 Å². The second kappa shape index (κ2) is 5.49. The summed E-state index contributed by atoms with van der Waals surface area (Å²) < 4.78 is 0. The van der Waals surface area contributed by atoms with Crippen LogP contribution in [0.5, 0.6) is 0 Å². The molecule has 0 amide bonds. The van der Waals surface area contributed by atoms with Crippen molar-refractivity contribution in [3.8, 4) is 0 Å². The largest absolute Gasteiger partial charge is 0.329 e. The molecule has 1 fully saturated rings. The van der Waals surface area contributed by atoms with Gasteiger partial charge in [0.2, 0.25) is 0 Å². The van der Waals surface area contributed by atoms with E-state index in [0.29, 0.717) is 12.1 Å². The molecule has 0 aromatic heterocycles. The Bertz CT molecular complexity index is 181. The molecule has 1 saturated heterocycles. The molecule has 82 valence electrons. The lowest BCUT2D eigenvalue weighted by Crippen LogP contribution is -2.45. The van der Waals surface area contributed by atoms with Crippen molar-refractivity contribution in [2.24, 2.45) is 5.73 Å². The average molecular weight is 197 g/mol. The minimum atomic E-state index is 0.489. The maximum atomic E-state index is 5.80. The molecule has 2 atom stereocenters. The topological polar surface area (TPSA) is 32.5 Å². The highest BCUT2D eigenvalue weighted by molar-refractivity contribution is 4.86. The quantitative estimate of drug-likeness (QED) is 0.670. The van der Waals surface area contributed by atoms with Gasteiger partial charge in [0.1, 0.15) is 0 Å². The molecule has 2 N–H and O–H groups in total. The van der Waals surface area contributed by atoms with Crippen LogP contribution in [-0.2, 0) is 0 Å². The van der Waals surface area contributed by atoms with E-state index in [1.165, 1.54) is 6.42 Å². The molecule has 0 aromatic rings. The van der Waals surface area contributed by atoms with E-state index in [4.69, 9.17) is 5.73 Å². The van der Waals surface area contributed by atoms with Crippen molar-refractivity contribution in [3.05, 3.63) is 12.7 Å². The van der Waals surface area contributed by atoms with Crippen LogP contribution in [0.1, 0.15) is 13.3 Å². The number of hydrogen-bond acceptors (Lipinski definition) is 3. The molecule has 1 rings (SSSR count). The van der Waals surface area contributed by atoms with E-state index in [-0.39, 0.29) is 0 Å². The van der Waals surface area contributed by atoms with Gasteiger partial charge in [-0.15, -0.1) is 6.58 Å².